The summed E-state index contributed by atoms with van der Waals surface area (Å²) in [6, 6.07) is 26.7. The van der Waals surface area contributed by atoms with Crippen LogP contribution in [0, 0.1) is 0 Å². The number of amides is 1. The van der Waals surface area contributed by atoms with Crippen LogP contribution in [-0.4, -0.2) is 26.1 Å². The quantitative estimate of drug-likeness (QED) is 0.526. The standard InChI is InChI=1S/C22H19N5O2/c28-21(15-27-25-22(24-26-27)18-9-5-2-6-10-18)23-19-11-13-20(14-12-19)29-16-17-7-3-1-4-8-17/h1-14H,15-16H2,(H,23,28). The molecular formula is C22H19N5O2. The second kappa shape index (κ2) is 8.79. The van der Waals surface area contributed by atoms with Crippen LogP contribution in [0.4, 0.5) is 5.69 Å². The highest BCUT2D eigenvalue weighted by atomic mass is 16.5. The molecule has 0 aliphatic carbocycles. The van der Waals surface area contributed by atoms with E-state index >= 15 is 0 Å². The molecule has 0 saturated heterocycles. The number of anilines is 1. The van der Waals surface area contributed by atoms with Gasteiger partial charge in [-0.3, -0.25) is 4.79 Å². The van der Waals surface area contributed by atoms with E-state index in [1.807, 2.05) is 72.8 Å². The lowest BCUT2D eigenvalue weighted by Crippen LogP contribution is -2.20. The lowest BCUT2D eigenvalue weighted by Gasteiger charge is -2.08. The van der Waals surface area contributed by atoms with Crippen molar-refractivity contribution in [3.63, 3.8) is 0 Å². The molecule has 1 amide bonds. The summed E-state index contributed by atoms with van der Waals surface area (Å²) < 4.78 is 5.75. The summed E-state index contributed by atoms with van der Waals surface area (Å²) in [6.07, 6.45) is 0. The van der Waals surface area contributed by atoms with Gasteiger partial charge in [-0.1, -0.05) is 60.7 Å². The van der Waals surface area contributed by atoms with Crippen molar-refractivity contribution in [3.05, 3.63) is 90.5 Å². The number of carbonyl (C=O) groups is 1. The molecule has 3 aromatic carbocycles. The molecule has 0 saturated carbocycles. The lowest BCUT2D eigenvalue weighted by atomic mass is 10.2. The maximum Gasteiger partial charge on any atom is 0.248 e. The minimum atomic E-state index is -0.236. The van der Waals surface area contributed by atoms with Crippen LogP contribution in [0.25, 0.3) is 11.4 Å². The van der Waals surface area contributed by atoms with Gasteiger partial charge in [-0.05, 0) is 35.0 Å². The summed E-state index contributed by atoms with van der Waals surface area (Å²) >= 11 is 0. The topological polar surface area (TPSA) is 81.9 Å². The smallest absolute Gasteiger partial charge is 0.248 e. The molecule has 7 heteroatoms. The van der Waals surface area contributed by atoms with Gasteiger partial charge in [0.1, 0.15) is 18.9 Å². The Kier molecular flexibility index (Phi) is 5.57. The normalized spacial score (nSPS) is 10.5. The van der Waals surface area contributed by atoms with Gasteiger partial charge in [0.05, 0.1) is 0 Å². The molecule has 4 aromatic rings. The monoisotopic (exact) mass is 385 g/mol. The molecule has 7 nitrogen and oxygen atoms in total. The fourth-order valence-electron chi connectivity index (χ4n) is 2.72. The van der Waals surface area contributed by atoms with Crippen molar-refractivity contribution in [1.29, 1.82) is 0 Å². The van der Waals surface area contributed by atoms with Crippen molar-refractivity contribution >= 4 is 11.6 Å². The van der Waals surface area contributed by atoms with Gasteiger partial charge in [0.15, 0.2) is 0 Å². The zero-order valence-electron chi connectivity index (χ0n) is 15.6. The summed E-state index contributed by atoms with van der Waals surface area (Å²) in [4.78, 5) is 13.5. The second-order valence-electron chi connectivity index (χ2n) is 6.36. The fourth-order valence-corrected chi connectivity index (χ4v) is 2.72. The first-order valence-corrected chi connectivity index (χ1v) is 9.16. The van der Waals surface area contributed by atoms with E-state index in [0.717, 1.165) is 16.9 Å². The number of aromatic nitrogens is 4. The van der Waals surface area contributed by atoms with Crippen LogP contribution in [-0.2, 0) is 17.9 Å². The molecule has 1 N–H and O–H groups in total. The van der Waals surface area contributed by atoms with E-state index in [1.54, 1.807) is 12.1 Å². The van der Waals surface area contributed by atoms with Gasteiger partial charge in [-0.2, -0.15) is 4.80 Å². The first-order chi connectivity index (χ1) is 14.3. The Morgan fingerprint density at radius 3 is 2.31 bits per heavy atom. The molecule has 1 aromatic heterocycles. The van der Waals surface area contributed by atoms with Crippen LogP contribution in [0.1, 0.15) is 5.56 Å². The van der Waals surface area contributed by atoms with Crippen molar-refractivity contribution in [2.75, 3.05) is 5.32 Å². The van der Waals surface area contributed by atoms with Gasteiger partial charge in [-0.25, -0.2) is 0 Å². The predicted molar refractivity (Wildman–Crippen MR) is 109 cm³/mol. The van der Waals surface area contributed by atoms with Gasteiger partial charge < -0.3 is 10.1 Å². The maximum absolute atomic E-state index is 12.3. The Morgan fingerprint density at radius 1 is 0.897 bits per heavy atom. The highest BCUT2D eigenvalue weighted by Crippen LogP contribution is 2.17. The fraction of sp³-hybridized carbons (Fsp3) is 0.0909. The third-order valence-electron chi connectivity index (χ3n) is 4.16. The molecular weight excluding hydrogens is 366 g/mol. The van der Waals surface area contributed by atoms with Crippen molar-refractivity contribution in [2.45, 2.75) is 13.2 Å². The molecule has 0 aliphatic rings. The van der Waals surface area contributed by atoms with E-state index in [2.05, 4.69) is 20.7 Å². The van der Waals surface area contributed by atoms with Crippen LogP contribution in [0.15, 0.2) is 84.9 Å². The molecule has 4 rings (SSSR count). The zero-order valence-corrected chi connectivity index (χ0v) is 15.6. The third kappa shape index (κ3) is 5.04. The predicted octanol–water partition coefficient (Wildman–Crippen LogP) is 3.56. The van der Waals surface area contributed by atoms with Gasteiger partial charge in [0, 0.05) is 11.3 Å². The van der Waals surface area contributed by atoms with Gasteiger partial charge in [-0.15, -0.1) is 10.2 Å². The Labute approximate surface area is 168 Å². The Hall–Kier alpha value is -4.00. The van der Waals surface area contributed by atoms with E-state index in [4.69, 9.17) is 4.74 Å². The van der Waals surface area contributed by atoms with Crippen LogP contribution in [0.2, 0.25) is 0 Å². The van der Waals surface area contributed by atoms with Gasteiger partial charge in [0.2, 0.25) is 11.7 Å². The first kappa shape index (κ1) is 18.4. The summed E-state index contributed by atoms with van der Waals surface area (Å²) in [5.41, 5.74) is 2.62. The zero-order chi connectivity index (χ0) is 19.9. The molecule has 0 fully saturated rings. The van der Waals surface area contributed by atoms with E-state index in [0.29, 0.717) is 18.1 Å². The Bertz CT molecular complexity index is 1060. The highest BCUT2D eigenvalue weighted by molar-refractivity contribution is 5.90. The Morgan fingerprint density at radius 2 is 1.59 bits per heavy atom. The van der Waals surface area contributed by atoms with Crippen LogP contribution in [0.5, 0.6) is 5.75 Å². The molecule has 0 aliphatic heterocycles. The Balaban J connectivity index is 1.30. The number of ether oxygens (including phenoxy) is 1. The average Bonchev–Trinajstić information content (AvgIpc) is 3.23. The molecule has 0 bridgehead atoms. The number of rotatable bonds is 7. The number of hydrogen-bond acceptors (Lipinski definition) is 5. The molecule has 29 heavy (non-hydrogen) atoms. The molecule has 0 spiro atoms. The first-order valence-electron chi connectivity index (χ1n) is 9.16. The van der Waals surface area contributed by atoms with Crippen molar-refractivity contribution in [2.24, 2.45) is 0 Å². The molecule has 1 heterocycles. The minimum Gasteiger partial charge on any atom is -0.489 e. The number of hydrogen-bond donors (Lipinski definition) is 1. The summed E-state index contributed by atoms with van der Waals surface area (Å²) in [5.74, 6) is 0.982. The number of nitrogens with one attached hydrogen (secondary N) is 1. The molecule has 0 radical (unpaired) electrons. The van der Waals surface area contributed by atoms with E-state index in [1.165, 1.54) is 4.80 Å². The van der Waals surface area contributed by atoms with Crippen molar-refractivity contribution in [3.8, 4) is 17.1 Å². The number of tetrazole rings is 1. The maximum atomic E-state index is 12.3. The second-order valence-corrected chi connectivity index (χ2v) is 6.36. The van der Waals surface area contributed by atoms with Crippen LogP contribution >= 0.6 is 0 Å². The molecule has 0 atom stereocenters. The largest absolute Gasteiger partial charge is 0.489 e. The summed E-state index contributed by atoms with van der Waals surface area (Å²) in [7, 11) is 0. The highest BCUT2D eigenvalue weighted by Gasteiger charge is 2.09. The van der Waals surface area contributed by atoms with Crippen molar-refractivity contribution in [1.82, 2.24) is 20.2 Å². The average molecular weight is 385 g/mol. The lowest BCUT2D eigenvalue weighted by molar-refractivity contribution is -0.117. The third-order valence-corrected chi connectivity index (χ3v) is 4.16. The van der Waals surface area contributed by atoms with Crippen LogP contribution < -0.4 is 10.1 Å². The van der Waals surface area contributed by atoms with E-state index in [9.17, 15) is 4.79 Å². The number of carbonyl (C=O) groups excluding carboxylic acids is 1. The van der Waals surface area contributed by atoms with Gasteiger partial charge in [0.25, 0.3) is 0 Å². The summed E-state index contributed by atoms with van der Waals surface area (Å²) in [6.45, 7) is 0.473. The number of benzene rings is 3. The van der Waals surface area contributed by atoms with E-state index < -0.39 is 0 Å². The SMILES string of the molecule is O=C(Cn1nnc(-c2ccccc2)n1)Nc1ccc(OCc2ccccc2)cc1. The van der Waals surface area contributed by atoms with E-state index in [-0.39, 0.29) is 12.5 Å². The minimum absolute atomic E-state index is 0.0217. The van der Waals surface area contributed by atoms with Gasteiger partial charge >= 0.3 is 0 Å². The van der Waals surface area contributed by atoms with Crippen LogP contribution in [0.3, 0.4) is 0 Å². The number of nitrogens with zero attached hydrogens (tertiary/aromatic N) is 4. The van der Waals surface area contributed by atoms with Crippen molar-refractivity contribution < 1.29 is 9.53 Å². The molecule has 144 valence electrons. The summed E-state index contributed by atoms with van der Waals surface area (Å²) in [5, 5.41) is 15.0. The molecule has 0 unspecified atom stereocenters.